The number of nitrogens with two attached hydrogens (primary N) is 1. The van der Waals surface area contributed by atoms with Gasteiger partial charge >= 0.3 is 5.69 Å². The zero-order valence-electron chi connectivity index (χ0n) is 11.6. The van der Waals surface area contributed by atoms with Crippen LogP contribution in [0.1, 0.15) is 19.3 Å². The Bertz CT molecular complexity index is 528. The fourth-order valence-corrected chi connectivity index (χ4v) is 2.46. The molecule has 21 heavy (non-hydrogen) atoms. The molecule has 1 radical (unpaired) electrons. The number of nitrogens with zero attached hydrogens (tertiary/aromatic N) is 3. The summed E-state index contributed by atoms with van der Waals surface area (Å²) in [5, 5.41) is 13.8. The average molecular weight is 290 g/mol. The van der Waals surface area contributed by atoms with Crippen LogP contribution in [0, 0.1) is 10.1 Å². The molecular formula is C12H17BN5O3. The largest absolute Gasteiger partial charge is 0.378 e. The first-order valence-electron chi connectivity index (χ1n) is 6.81. The van der Waals surface area contributed by atoms with E-state index in [1.807, 2.05) is 4.81 Å². The molecule has 0 aromatic carbocycles. The van der Waals surface area contributed by atoms with E-state index in [1.54, 1.807) is 7.41 Å². The third-order valence-corrected chi connectivity index (χ3v) is 3.54. The summed E-state index contributed by atoms with van der Waals surface area (Å²) in [6.45, 7) is 1.47. The highest BCUT2D eigenvalue weighted by atomic mass is 16.6. The van der Waals surface area contributed by atoms with Gasteiger partial charge in [0.2, 0.25) is 5.82 Å². The molecule has 1 aromatic rings. The third-order valence-electron chi connectivity index (χ3n) is 3.54. The van der Waals surface area contributed by atoms with Crippen LogP contribution in [0.5, 0.6) is 0 Å². The van der Waals surface area contributed by atoms with Gasteiger partial charge in [-0.25, -0.2) is 4.98 Å². The van der Waals surface area contributed by atoms with Crippen molar-refractivity contribution in [3.05, 3.63) is 22.2 Å². The van der Waals surface area contributed by atoms with Crippen LogP contribution < -0.4 is 11.1 Å². The van der Waals surface area contributed by atoms with E-state index in [2.05, 4.69) is 10.3 Å². The second-order valence-electron chi connectivity index (χ2n) is 4.91. The van der Waals surface area contributed by atoms with Crippen molar-refractivity contribution in [3.63, 3.8) is 0 Å². The number of carbonyl (C=O) groups excluding carboxylic acids is 1. The summed E-state index contributed by atoms with van der Waals surface area (Å²) in [5.74, 6) is 0.389. The van der Waals surface area contributed by atoms with E-state index < -0.39 is 4.92 Å². The third kappa shape index (κ3) is 3.91. The number of hydrogen-bond donors (Lipinski definition) is 2. The Morgan fingerprint density at radius 2 is 2.38 bits per heavy atom. The molecule has 0 spiro atoms. The molecule has 1 unspecified atom stereocenters. The van der Waals surface area contributed by atoms with Gasteiger partial charge in [-0.15, -0.1) is 0 Å². The molecule has 1 aliphatic rings. The summed E-state index contributed by atoms with van der Waals surface area (Å²) in [4.78, 5) is 26.7. The van der Waals surface area contributed by atoms with Crippen LogP contribution in [0.25, 0.3) is 0 Å². The van der Waals surface area contributed by atoms with E-state index in [0.717, 1.165) is 32.0 Å². The van der Waals surface area contributed by atoms with Gasteiger partial charge in [0.05, 0.1) is 11.1 Å². The molecule has 8 nitrogen and oxygen atoms in total. The molecule has 2 rings (SSSR count). The molecule has 1 aromatic heterocycles. The smallest absolute Gasteiger partial charge is 0.311 e. The van der Waals surface area contributed by atoms with Crippen molar-refractivity contribution in [2.24, 2.45) is 0 Å². The number of nitrogen functional groups attached to an aromatic ring is 1. The fraction of sp³-hybridized carbons (Fsp3) is 0.500. The molecule has 0 amide bonds. The Hall–Kier alpha value is -2.16. The summed E-state index contributed by atoms with van der Waals surface area (Å²) in [5.41, 5.74) is 5.35. The molecule has 1 atom stereocenters. The molecule has 0 aliphatic carbocycles. The van der Waals surface area contributed by atoms with E-state index >= 15 is 0 Å². The zero-order chi connectivity index (χ0) is 15.2. The van der Waals surface area contributed by atoms with E-state index in [9.17, 15) is 14.9 Å². The number of piperidine rings is 1. The summed E-state index contributed by atoms with van der Waals surface area (Å²) in [6.07, 6.45) is 3.97. The van der Waals surface area contributed by atoms with Crippen molar-refractivity contribution in [1.29, 1.82) is 0 Å². The Morgan fingerprint density at radius 1 is 1.57 bits per heavy atom. The number of anilines is 2. The van der Waals surface area contributed by atoms with E-state index in [0.29, 0.717) is 12.4 Å². The maximum absolute atomic E-state index is 10.7. The van der Waals surface area contributed by atoms with Crippen molar-refractivity contribution in [2.45, 2.75) is 25.3 Å². The van der Waals surface area contributed by atoms with Crippen molar-refractivity contribution < 1.29 is 9.72 Å². The molecule has 0 bridgehead atoms. The van der Waals surface area contributed by atoms with Crippen LogP contribution in [-0.4, -0.2) is 47.4 Å². The van der Waals surface area contributed by atoms with Crippen LogP contribution >= 0.6 is 0 Å². The summed E-state index contributed by atoms with van der Waals surface area (Å²) >= 11 is 0. The van der Waals surface area contributed by atoms with Gasteiger partial charge in [0.25, 0.3) is 7.41 Å². The Balaban J connectivity index is 1.97. The maximum Gasteiger partial charge on any atom is 0.311 e. The van der Waals surface area contributed by atoms with Gasteiger partial charge in [0, 0.05) is 18.7 Å². The second-order valence-corrected chi connectivity index (χ2v) is 4.91. The number of pyridine rings is 1. The lowest BCUT2D eigenvalue weighted by Gasteiger charge is -2.34. The highest BCUT2D eigenvalue weighted by Crippen LogP contribution is 2.21. The molecule has 0 saturated carbocycles. The van der Waals surface area contributed by atoms with Gasteiger partial charge in [-0.2, -0.15) is 0 Å². The predicted molar refractivity (Wildman–Crippen MR) is 80.6 cm³/mol. The molecule has 111 valence electrons. The van der Waals surface area contributed by atoms with Crippen molar-refractivity contribution in [1.82, 2.24) is 9.79 Å². The lowest BCUT2D eigenvalue weighted by Crippen LogP contribution is -2.46. The van der Waals surface area contributed by atoms with Gasteiger partial charge in [-0.05, 0) is 25.5 Å². The normalized spacial score (nSPS) is 19.0. The first-order valence-corrected chi connectivity index (χ1v) is 6.81. The van der Waals surface area contributed by atoms with Gasteiger partial charge in [-0.3, -0.25) is 10.1 Å². The Kier molecular flexibility index (Phi) is 5.10. The van der Waals surface area contributed by atoms with Crippen LogP contribution in [0.4, 0.5) is 17.3 Å². The molecule has 2 heterocycles. The number of nitro groups is 1. The van der Waals surface area contributed by atoms with Crippen LogP contribution in [0.15, 0.2) is 12.1 Å². The monoisotopic (exact) mass is 290 g/mol. The molecule has 3 N–H and O–H groups in total. The van der Waals surface area contributed by atoms with Gasteiger partial charge < -0.3 is 20.7 Å². The minimum atomic E-state index is -0.561. The highest BCUT2D eigenvalue weighted by molar-refractivity contribution is 6.64. The quantitative estimate of drug-likeness (QED) is 0.342. The van der Waals surface area contributed by atoms with Gasteiger partial charge in [-0.1, -0.05) is 6.42 Å². The minimum absolute atomic E-state index is 0.107. The van der Waals surface area contributed by atoms with E-state index in [1.165, 1.54) is 12.1 Å². The zero-order valence-corrected chi connectivity index (χ0v) is 11.6. The number of rotatable bonds is 6. The molecule has 9 heteroatoms. The van der Waals surface area contributed by atoms with Crippen LogP contribution in [0.2, 0.25) is 0 Å². The second kappa shape index (κ2) is 7.03. The van der Waals surface area contributed by atoms with Gasteiger partial charge in [0.15, 0.2) is 0 Å². The Morgan fingerprint density at radius 3 is 3.05 bits per heavy atom. The average Bonchev–Trinajstić information content (AvgIpc) is 2.46. The molecule has 1 fully saturated rings. The maximum atomic E-state index is 10.7. The summed E-state index contributed by atoms with van der Waals surface area (Å²) in [7, 11) is 1.56. The van der Waals surface area contributed by atoms with Crippen LogP contribution in [0.3, 0.4) is 0 Å². The fourth-order valence-electron chi connectivity index (χ4n) is 2.46. The molecule has 1 saturated heterocycles. The van der Waals surface area contributed by atoms with Crippen LogP contribution in [-0.2, 0) is 4.79 Å². The Labute approximate surface area is 123 Å². The number of nitrogens with one attached hydrogen (secondary N) is 1. The van der Waals surface area contributed by atoms with E-state index in [4.69, 9.17) is 5.73 Å². The lowest BCUT2D eigenvalue weighted by molar-refractivity contribution is -0.384. The first kappa shape index (κ1) is 15.2. The van der Waals surface area contributed by atoms with Crippen molar-refractivity contribution >= 4 is 30.9 Å². The van der Waals surface area contributed by atoms with E-state index in [-0.39, 0.29) is 17.5 Å². The number of aromatic nitrogens is 1. The van der Waals surface area contributed by atoms with Crippen molar-refractivity contribution in [2.75, 3.05) is 24.1 Å². The number of carbonyl (C=O) groups is 1. The summed E-state index contributed by atoms with van der Waals surface area (Å²) in [6, 6.07) is 3.08. The van der Waals surface area contributed by atoms with Gasteiger partial charge in [0.1, 0.15) is 5.82 Å². The minimum Gasteiger partial charge on any atom is -0.378 e. The topological polar surface area (TPSA) is 114 Å². The molecule has 1 aliphatic heterocycles. The lowest BCUT2D eigenvalue weighted by atomic mass is 9.86. The first-order chi connectivity index (χ1) is 10.1. The SMILES string of the molecule is Nc1nc(NCC2CCCCN2[B]C=O)ccc1[N+](=O)[O-]. The number of hydrogen-bond acceptors (Lipinski definition) is 7. The standard InChI is InChI=1S/C12H17BN5O3/c14-12-10(18(20)21)4-5-11(16-12)15-7-9-3-1-2-6-17(9)13-8-19/h4-5,8-9H,1-3,6-7H2,(H3,14,15,16). The molecular weight excluding hydrogens is 273 g/mol. The predicted octanol–water partition coefficient (Wildman–Crippen LogP) is 0.648. The summed E-state index contributed by atoms with van der Waals surface area (Å²) < 4.78 is 0. The highest BCUT2D eigenvalue weighted by Gasteiger charge is 2.22. The van der Waals surface area contributed by atoms with Crippen molar-refractivity contribution in [3.8, 4) is 0 Å².